The normalized spacial score (nSPS) is 15.4. The summed E-state index contributed by atoms with van der Waals surface area (Å²) in [6.07, 6.45) is -2.65. The first-order valence-corrected chi connectivity index (χ1v) is 18.2. The van der Waals surface area contributed by atoms with Crippen molar-refractivity contribution in [2.24, 2.45) is 0 Å². The molecule has 0 spiro atoms. The van der Waals surface area contributed by atoms with Gasteiger partial charge in [-0.05, 0) is 49.4 Å². The van der Waals surface area contributed by atoms with Gasteiger partial charge in [-0.25, -0.2) is 8.42 Å². The fourth-order valence-corrected chi connectivity index (χ4v) is 7.91. The second kappa shape index (κ2) is 15.0. The maximum Gasteiger partial charge on any atom is 0.416 e. The van der Waals surface area contributed by atoms with Gasteiger partial charge in [0.15, 0.2) is 6.10 Å². The molecule has 0 aliphatic carbocycles. The number of fused-ring (bicyclic) bond motifs is 3. The second-order valence-corrected chi connectivity index (χ2v) is 14.8. The lowest BCUT2D eigenvalue weighted by atomic mass is 9.97. The molecule has 9 nitrogen and oxygen atoms in total. The number of hydrogen-bond donors (Lipinski definition) is 2. The number of aryl methyl sites for hydroxylation is 1. The molecule has 260 valence electrons. The Morgan fingerprint density at radius 2 is 1.65 bits per heavy atom. The number of aliphatic hydroxyl groups excluding tert-OH is 1. The van der Waals surface area contributed by atoms with Crippen molar-refractivity contribution in [1.82, 2.24) is 18.8 Å². The smallest absolute Gasteiger partial charge is 0.382 e. The largest absolute Gasteiger partial charge is 0.416 e. The molecule has 1 fully saturated rings. The molecule has 1 atom stereocenters. The predicted molar refractivity (Wildman–Crippen MR) is 182 cm³/mol. The van der Waals surface area contributed by atoms with Crippen molar-refractivity contribution in [2.45, 2.75) is 70.7 Å². The maximum atomic E-state index is 13.6. The monoisotopic (exact) mass is 708 g/mol. The molecule has 2 aromatic heterocycles. The zero-order valence-electron chi connectivity index (χ0n) is 26.7. The summed E-state index contributed by atoms with van der Waals surface area (Å²) >= 11 is 6.61. The van der Waals surface area contributed by atoms with Gasteiger partial charge in [0.1, 0.15) is 0 Å². The summed E-state index contributed by atoms with van der Waals surface area (Å²) in [5, 5.41) is 11.5. The van der Waals surface area contributed by atoms with Gasteiger partial charge in [-0.15, -0.1) is 0 Å². The Labute approximate surface area is 282 Å². The lowest BCUT2D eigenvalue weighted by Crippen LogP contribution is -2.50. The fraction of sp³-hybridized carbons (Fsp3) is 0.471. The molecule has 3 heterocycles. The summed E-state index contributed by atoms with van der Waals surface area (Å²) in [6, 6.07) is 13.6. The van der Waals surface area contributed by atoms with E-state index in [0.717, 1.165) is 24.8 Å². The van der Waals surface area contributed by atoms with Gasteiger partial charge in [0, 0.05) is 55.0 Å². The first-order valence-electron chi connectivity index (χ1n) is 16.2. The van der Waals surface area contributed by atoms with Crippen LogP contribution in [0.25, 0.3) is 33.1 Å². The molecule has 14 heteroatoms. The zero-order chi connectivity index (χ0) is 34.6. The summed E-state index contributed by atoms with van der Waals surface area (Å²) < 4.78 is 68.0. The highest BCUT2D eigenvalue weighted by atomic mass is 35.5. The van der Waals surface area contributed by atoms with E-state index >= 15 is 0 Å². The number of alkyl halides is 3. The van der Waals surface area contributed by atoms with Gasteiger partial charge in [-0.3, -0.25) is 9.59 Å². The highest BCUT2D eigenvalue weighted by Crippen LogP contribution is 2.41. The Morgan fingerprint density at radius 3 is 2.31 bits per heavy atom. The van der Waals surface area contributed by atoms with Crippen LogP contribution in [0.2, 0.25) is 5.02 Å². The molecular formula is C34H40ClF3N4O5S. The number of piperazine rings is 1. The molecular weight excluding hydrogens is 669 g/mol. The summed E-state index contributed by atoms with van der Waals surface area (Å²) in [4.78, 5) is 29.4. The molecule has 4 aromatic rings. The number of sulfonamides is 1. The SMILES string of the molecule is CCS(=O)(=O)N1CCN(C(=O)CCCCCCCc2c(-c3ccccc3)n(CC(O)C(F)(F)F)c3ccc4[nH]c(=O)cc(Cl)c4c23)CC1. The highest BCUT2D eigenvalue weighted by Gasteiger charge is 2.39. The van der Waals surface area contributed by atoms with Gasteiger partial charge in [0.25, 0.3) is 0 Å². The number of aromatic amines is 1. The molecule has 0 saturated carbocycles. The van der Waals surface area contributed by atoms with E-state index in [9.17, 15) is 36.3 Å². The molecule has 1 amide bonds. The minimum atomic E-state index is -4.82. The fourth-order valence-electron chi connectivity index (χ4n) is 6.53. The molecule has 0 bridgehead atoms. The van der Waals surface area contributed by atoms with Gasteiger partial charge >= 0.3 is 6.18 Å². The van der Waals surface area contributed by atoms with Crippen molar-refractivity contribution in [3.05, 3.63) is 69.5 Å². The number of nitrogens with one attached hydrogen (secondary N) is 1. The van der Waals surface area contributed by atoms with Crippen LogP contribution in [0.5, 0.6) is 0 Å². The van der Waals surface area contributed by atoms with Crippen LogP contribution in [0.15, 0.2) is 53.3 Å². The number of halogens is 4. The molecule has 1 saturated heterocycles. The van der Waals surface area contributed by atoms with E-state index in [2.05, 4.69) is 4.98 Å². The van der Waals surface area contributed by atoms with Crippen LogP contribution in [0.4, 0.5) is 13.2 Å². The number of nitrogens with zero attached hydrogens (tertiary/aromatic N) is 3. The number of rotatable bonds is 13. The first-order chi connectivity index (χ1) is 22.8. The van der Waals surface area contributed by atoms with Crippen molar-refractivity contribution in [3.8, 4) is 11.3 Å². The Bertz CT molecular complexity index is 1920. The zero-order valence-corrected chi connectivity index (χ0v) is 28.3. The molecule has 1 unspecified atom stereocenters. The number of H-pyrrole nitrogens is 1. The topological polar surface area (TPSA) is 116 Å². The number of carbonyl (C=O) groups is 1. The van der Waals surface area contributed by atoms with Crippen molar-refractivity contribution < 1.29 is 31.5 Å². The van der Waals surface area contributed by atoms with Crippen LogP contribution in [-0.2, 0) is 27.8 Å². The number of aromatic nitrogens is 2. The van der Waals surface area contributed by atoms with E-state index in [4.69, 9.17) is 11.6 Å². The van der Waals surface area contributed by atoms with E-state index < -0.39 is 34.4 Å². The third-order valence-corrected chi connectivity index (χ3v) is 11.2. The van der Waals surface area contributed by atoms with Crippen LogP contribution in [0, 0.1) is 0 Å². The van der Waals surface area contributed by atoms with Crippen molar-refractivity contribution in [3.63, 3.8) is 0 Å². The van der Waals surface area contributed by atoms with Gasteiger partial charge in [0.2, 0.25) is 21.5 Å². The first kappa shape index (κ1) is 35.9. The molecule has 1 aliphatic heterocycles. The molecule has 48 heavy (non-hydrogen) atoms. The number of carbonyl (C=O) groups excluding carboxylic acids is 1. The predicted octanol–water partition coefficient (Wildman–Crippen LogP) is 6.10. The number of aliphatic hydroxyl groups is 1. The van der Waals surface area contributed by atoms with Crippen molar-refractivity contribution in [1.29, 1.82) is 0 Å². The number of pyridine rings is 1. The van der Waals surface area contributed by atoms with Crippen LogP contribution in [-0.4, -0.2) is 82.4 Å². The van der Waals surface area contributed by atoms with E-state index in [1.807, 2.05) is 18.2 Å². The summed E-state index contributed by atoms with van der Waals surface area (Å²) in [7, 11) is -3.26. The lowest BCUT2D eigenvalue weighted by molar-refractivity contribution is -0.207. The average molecular weight is 709 g/mol. The quantitative estimate of drug-likeness (QED) is 0.163. The Hall–Kier alpha value is -3.39. The van der Waals surface area contributed by atoms with E-state index in [-0.39, 0.29) is 16.7 Å². The Morgan fingerprint density at radius 1 is 0.979 bits per heavy atom. The van der Waals surface area contributed by atoms with Crippen LogP contribution in [0.3, 0.4) is 0 Å². The van der Waals surface area contributed by atoms with Crippen LogP contribution in [0.1, 0.15) is 51.0 Å². The second-order valence-electron chi connectivity index (χ2n) is 12.2. The van der Waals surface area contributed by atoms with E-state index in [0.29, 0.717) is 84.9 Å². The standard InChI is InChI=1S/C34H40ClF3N4O5S/c1-2-48(46,47)41-19-17-40(18-20-41)30(45)14-10-5-3-4-9-13-24-31-27(16-15-26-32(31)25(35)21-29(44)39-26)42(22-28(43)34(36,37)38)33(24)23-11-7-6-8-12-23/h6-8,11-12,15-16,21,28,43H,2-5,9-10,13-14,17-20,22H2,1H3,(H,39,44). The van der Waals surface area contributed by atoms with Gasteiger partial charge in [-0.1, -0.05) is 61.2 Å². The number of hydrogen-bond acceptors (Lipinski definition) is 5. The molecule has 1 aliphatic rings. The highest BCUT2D eigenvalue weighted by molar-refractivity contribution is 7.89. The number of unbranched alkanes of at least 4 members (excludes halogenated alkanes) is 4. The maximum absolute atomic E-state index is 13.6. The van der Waals surface area contributed by atoms with Crippen LogP contribution < -0.4 is 5.56 Å². The van der Waals surface area contributed by atoms with Gasteiger partial charge in [0.05, 0.1) is 28.5 Å². The van der Waals surface area contributed by atoms with E-state index in [1.54, 1.807) is 36.1 Å². The van der Waals surface area contributed by atoms with Gasteiger partial charge in [-0.2, -0.15) is 17.5 Å². The average Bonchev–Trinajstić information content (AvgIpc) is 3.36. The number of amides is 1. The van der Waals surface area contributed by atoms with Crippen molar-refractivity contribution in [2.75, 3.05) is 31.9 Å². The molecule has 0 radical (unpaired) electrons. The summed E-state index contributed by atoms with van der Waals surface area (Å²) in [6.45, 7) is 2.31. The molecule has 5 rings (SSSR count). The summed E-state index contributed by atoms with van der Waals surface area (Å²) in [5.41, 5.74) is 2.57. The molecule has 2 aromatic carbocycles. The van der Waals surface area contributed by atoms with Crippen molar-refractivity contribution >= 4 is 49.3 Å². The minimum absolute atomic E-state index is 0.0201. The number of benzene rings is 2. The Balaban J connectivity index is 1.32. The third kappa shape index (κ3) is 7.90. The van der Waals surface area contributed by atoms with Crippen LogP contribution >= 0.6 is 11.6 Å². The third-order valence-electron chi connectivity index (χ3n) is 9.03. The lowest BCUT2D eigenvalue weighted by Gasteiger charge is -2.33. The molecule has 2 N–H and O–H groups in total. The Kier molecular flexibility index (Phi) is 11.2. The van der Waals surface area contributed by atoms with E-state index in [1.165, 1.54) is 14.9 Å². The van der Waals surface area contributed by atoms with Gasteiger partial charge < -0.3 is 19.6 Å². The minimum Gasteiger partial charge on any atom is -0.382 e. The summed E-state index contributed by atoms with van der Waals surface area (Å²) in [5.74, 6) is 0.0647.